The van der Waals surface area contributed by atoms with Crippen LogP contribution in [0.15, 0.2) is 12.4 Å². The molecular formula is C10H14N4O3. The maximum Gasteiger partial charge on any atom is 0.323 e. The first kappa shape index (κ1) is 11.6. The van der Waals surface area contributed by atoms with Gasteiger partial charge < -0.3 is 10.0 Å². The van der Waals surface area contributed by atoms with Gasteiger partial charge in [0.15, 0.2) is 0 Å². The first-order valence-electron chi connectivity index (χ1n) is 5.49. The predicted octanol–water partition coefficient (Wildman–Crippen LogP) is -0.399. The Kier molecular flexibility index (Phi) is 3.36. The lowest BCUT2D eigenvalue weighted by Crippen LogP contribution is -2.39. The van der Waals surface area contributed by atoms with E-state index < -0.39 is 5.97 Å². The van der Waals surface area contributed by atoms with E-state index >= 15 is 0 Å². The van der Waals surface area contributed by atoms with E-state index in [1.807, 2.05) is 0 Å². The molecule has 17 heavy (non-hydrogen) atoms. The molecule has 92 valence electrons. The lowest BCUT2D eigenvalue weighted by Gasteiger charge is -2.20. The Labute approximate surface area is 98.0 Å². The van der Waals surface area contributed by atoms with Gasteiger partial charge >= 0.3 is 5.97 Å². The summed E-state index contributed by atoms with van der Waals surface area (Å²) in [4.78, 5) is 23.9. The van der Waals surface area contributed by atoms with E-state index in [0.717, 1.165) is 12.8 Å². The first-order valence-corrected chi connectivity index (χ1v) is 5.49. The zero-order valence-electron chi connectivity index (χ0n) is 9.32. The summed E-state index contributed by atoms with van der Waals surface area (Å²) in [6, 6.07) is 0. The van der Waals surface area contributed by atoms with Crippen molar-refractivity contribution in [2.45, 2.75) is 19.4 Å². The maximum atomic E-state index is 11.9. The molecule has 1 saturated carbocycles. The molecule has 7 heteroatoms. The second-order valence-electron chi connectivity index (χ2n) is 4.21. The third-order valence-corrected chi connectivity index (χ3v) is 2.62. The van der Waals surface area contributed by atoms with Gasteiger partial charge in [-0.3, -0.25) is 9.59 Å². The summed E-state index contributed by atoms with van der Waals surface area (Å²) >= 11 is 0. The topological polar surface area (TPSA) is 88.3 Å². The predicted molar refractivity (Wildman–Crippen MR) is 57.0 cm³/mol. The van der Waals surface area contributed by atoms with Crippen molar-refractivity contribution in [1.29, 1.82) is 0 Å². The molecule has 1 aliphatic carbocycles. The van der Waals surface area contributed by atoms with E-state index in [-0.39, 0.29) is 19.0 Å². The zero-order chi connectivity index (χ0) is 12.3. The number of carbonyl (C=O) groups is 2. The molecule has 0 spiro atoms. The number of nitrogens with zero attached hydrogens (tertiary/aromatic N) is 4. The Bertz CT molecular complexity index is 400. The molecule has 1 aromatic rings. The lowest BCUT2D eigenvalue weighted by atomic mass is 10.3. The summed E-state index contributed by atoms with van der Waals surface area (Å²) in [5.74, 6) is -0.753. The Hall–Kier alpha value is -1.92. The van der Waals surface area contributed by atoms with Crippen LogP contribution in [0.2, 0.25) is 0 Å². The largest absolute Gasteiger partial charge is 0.480 e. The molecule has 0 aromatic carbocycles. The van der Waals surface area contributed by atoms with Gasteiger partial charge in [0.05, 0.1) is 6.20 Å². The fourth-order valence-corrected chi connectivity index (χ4v) is 1.59. The van der Waals surface area contributed by atoms with Gasteiger partial charge in [-0.25, -0.2) is 4.68 Å². The van der Waals surface area contributed by atoms with Crippen LogP contribution < -0.4 is 0 Å². The molecule has 1 amide bonds. The quantitative estimate of drug-likeness (QED) is 0.728. The number of aliphatic carboxylic acids is 1. The van der Waals surface area contributed by atoms with Crippen LogP contribution in [0.1, 0.15) is 12.8 Å². The number of rotatable bonds is 6. The van der Waals surface area contributed by atoms with E-state index in [2.05, 4.69) is 10.3 Å². The number of carbonyl (C=O) groups excluding carboxylic acids is 1. The fraction of sp³-hybridized carbons (Fsp3) is 0.600. The third-order valence-electron chi connectivity index (χ3n) is 2.62. The van der Waals surface area contributed by atoms with Gasteiger partial charge in [-0.2, -0.15) is 0 Å². The van der Waals surface area contributed by atoms with Crippen molar-refractivity contribution in [2.24, 2.45) is 5.92 Å². The van der Waals surface area contributed by atoms with E-state index in [4.69, 9.17) is 5.11 Å². The summed E-state index contributed by atoms with van der Waals surface area (Å²) < 4.78 is 1.39. The van der Waals surface area contributed by atoms with E-state index in [9.17, 15) is 9.59 Å². The van der Waals surface area contributed by atoms with Crippen molar-refractivity contribution in [3.63, 3.8) is 0 Å². The average molecular weight is 238 g/mol. The summed E-state index contributed by atoms with van der Waals surface area (Å²) in [5, 5.41) is 16.0. The Morgan fingerprint density at radius 3 is 2.76 bits per heavy atom. The molecule has 1 fully saturated rings. The van der Waals surface area contributed by atoms with Crippen LogP contribution in [0.3, 0.4) is 0 Å². The molecule has 0 radical (unpaired) electrons. The summed E-state index contributed by atoms with van der Waals surface area (Å²) in [5.41, 5.74) is 0. The number of carboxylic acid groups (broad SMARTS) is 1. The zero-order valence-corrected chi connectivity index (χ0v) is 9.32. The molecule has 7 nitrogen and oxygen atoms in total. The first-order chi connectivity index (χ1) is 8.15. The average Bonchev–Trinajstić information content (AvgIpc) is 2.92. The summed E-state index contributed by atoms with van der Waals surface area (Å²) in [7, 11) is 0. The van der Waals surface area contributed by atoms with Crippen LogP contribution in [0.5, 0.6) is 0 Å². The molecule has 0 atom stereocenters. The van der Waals surface area contributed by atoms with Crippen molar-refractivity contribution >= 4 is 11.9 Å². The van der Waals surface area contributed by atoms with Crippen LogP contribution in [0, 0.1) is 5.92 Å². The summed E-state index contributed by atoms with van der Waals surface area (Å²) in [6.07, 6.45) is 5.21. The number of carboxylic acids is 1. The molecule has 0 aliphatic heterocycles. The van der Waals surface area contributed by atoms with E-state index in [0.29, 0.717) is 12.5 Å². The van der Waals surface area contributed by atoms with Crippen molar-refractivity contribution in [3.8, 4) is 0 Å². The van der Waals surface area contributed by atoms with Crippen molar-refractivity contribution in [2.75, 3.05) is 13.1 Å². The minimum Gasteiger partial charge on any atom is -0.480 e. The van der Waals surface area contributed by atoms with E-state index in [1.54, 1.807) is 6.20 Å². The van der Waals surface area contributed by atoms with Gasteiger partial charge in [0.25, 0.3) is 0 Å². The minimum absolute atomic E-state index is 0.0417. The number of hydrogen-bond acceptors (Lipinski definition) is 4. The van der Waals surface area contributed by atoms with Gasteiger partial charge in [0.2, 0.25) is 5.91 Å². The third kappa shape index (κ3) is 3.54. The van der Waals surface area contributed by atoms with Gasteiger partial charge in [0.1, 0.15) is 13.1 Å². The number of aromatic nitrogens is 3. The fourth-order valence-electron chi connectivity index (χ4n) is 1.59. The van der Waals surface area contributed by atoms with Crippen LogP contribution in [-0.2, 0) is 16.1 Å². The number of hydrogen-bond donors (Lipinski definition) is 1. The summed E-state index contributed by atoms with van der Waals surface area (Å²) in [6.45, 7) is 0.323. The molecule has 0 unspecified atom stereocenters. The minimum atomic E-state index is -0.988. The van der Waals surface area contributed by atoms with Crippen LogP contribution in [-0.4, -0.2) is 50.0 Å². The molecule has 0 bridgehead atoms. The van der Waals surface area contributed by atoms with Gasteiger partial charge in [-0.15, -0.1) is 5.10 Å². The highest BCUT2D eigenvalue weighted by atomic mass is 16.4. The smallest absolute Gasteiger partial charge is 0.323 e. The molecule has 0 saturated heterocycles. The van der Waals surface area contributed by atoms with E-state index in [1.165, 1.54) is 15.8 Å². The molecule has 1 aromatic heterocycles. The van der Waals surface area contributed by atoms with Gasteiger partial charge in [0, 0.05) is 12.7 Å². The highest BCUT2D eigenvalue weighted by Crippen LogP contribution is 2.29. The van der Waals surface area contributed by atoms with Crippen molar-refractivity contribution in [1.82, 2.24) is 19.9 Å². The number of amides is 1. The monoisotopic (exact) mass is 238 g/mol. The highest BCUT2D eigenvalue weighted by molar-refractivity contribution is 5.81. The second-order valence-corrected chi connectivity index (χ2v) is 4.21. The SMILES string of the molecule is O=C(O)CN(CC1CC1)C(=O)Cn1ccnn1. The molecule has 2 rings (SSSR count). The Morgan fingerprint density at radius 2 is 2.24 bits per heavy atom. The molecule has 1 aliphatic rings. The van der Waals surface area contributed by atoms with Crippen molar-refractivity contribution < 1.29 is 14.7 Å². The van der Waals surface area contributed by atoms with Crippen LogP contribution in [0.25, 0.3) is 0 Å². The Balaban J connectivity index is 1.93. The molecule has 1 N–H and O–H groups in total. The van der Waals surface area contributed by atoms with Gasteiger partial charge in [-0.1, -0.05) is 5.21 Å². The van der Waals surface area contributed by atoms with Crippen LogP contribution >= 0.6 is 0 Å². The van der Waals surface area contributed by atoms with Gasteiger partial charge in [-0.05, 0) is 18.8 Å². The highest BCUT2D eigenvalue weighted by Gasteiger charge is 2.27. The standard InChI is InChI=1S/C10H14N4O3/c15-9(6-14-4-3-11-12-14)13(7-10(16)17)5-8-1-2-8/h3-4,8H,1-2,5-7H2,(H,16,17). The molecular weight excluding hydrogens is 224 g/mol. The normalized spacial score (nSPS) is 14.6. The lowest BCUT2D eigenvalue weighted by molar-refractivity contribution is -0.145. The maximum absolute atomic E-state index is 11.9. The second kappa shape index (κ2) is 4.94. The molecule has 1 heterocycles. The van der Waals surface area contributed by atoms with Crippen LogP contribution in [0.4, 0.5) is 0 Å². The van der Waals surface area contributed by atoms with Crippen molar-refractivity contribution in [3.05, 3.63) is 12.4 Å². The Morgan fingerprint density at radius 1 is 1.47 bits per heavy atom.